The lowest BCUT2D eigenvalue weighted by Gasteiger charge is -2.02. The number of ether oxygens (including phenoxy) is 1. The Balaban J connectivity index is 3.07. The van der Waals surface area contributed by atoms with Gasteiger partial charge in [-0.2, -0.15) is 0 Å². The summed E-state index contributed by atoms with van der Waals surface area (Å²) >= 11 is 0. The summed E-state index contributed by atoms with van der Waals surface area (Å²) in [6.07, 6.45) is 16.2. The van der Waals surface area contributed by atoms with Crippen molar-refractivity contribution in [2.75, 3.05) is 6.61 Å². The van der Waals surface area contributed by atoms with Crippen LogP contribution in [0.25, 0.3) is 0 Å². The van der Waals surface area contributed by atoms with Crippen molar-refractivity contribution in [3.8, 4) is 0 Å². The topological polar surface area (TPSA) is 26.3 Å². The van der Waals surface area contributed by atoms with E-state index in [2.05, 4.69) is 19.1 Å². The van der Waals surface area contributed by atoms with Gasteiger partial charge in [0, 0.05) is 6.42 Å². The Morgan fingerprint density at radius 1 is 0.889 bits per heavy atom. The molecule has 18 heavy (non-hydrogen) atoms. The van der Waals surface area contributed by atoms with Crippen LogP contribution in [0.2, 0.25) is 0 Å². The molecule has 0 bridgehead atoms. The first-order valence-electron chi connectivity index (χ1n) is 7.61. The average Bonchev–Trinajstić information content (AvgIpc) is 2.36. The highest BCUT2D eigenvalue weighted by atomic mass is 16.5. The third-order valence-corrected chi connectivity index (χ3v) is 2.96. The predicted octanol–water partition coefficient (Wildman–Crippen LogP) is 5.03. The molecule has 2 heteroatoms. The maximum absolute atomic E-state index is 11.1. The Morgan fingerprint density at radius 3 is 2.11 bits per heavy atom. The highest BCUT2D eigenvalue weighted by Crippen LogP contribution is 2.10. The van der Waals surface area contributed by atoms with Gasteiger partial charge < -0.3 is 4.74 Å². The summed E-state index contributed by atoms with van der Waals surface area (Å²) in [5, 5.41) is 0. The van der Waals surface area contributed by atoms with Crippen molar-refractivity contribution in [3.05, 3.63) is 12.2 Å². The van der Waals surface area contributed by atoms with E-state index in [9.17, 15) is 4.79 Å². The lowest BCUT2D eigenvalue weighted by molar-refractivity contribution is -0.143. The smallest absolute Gasteiger partial charge is 0.305 e. The molecule has 0 radical (unpaired) electrons. The Hall–Kier alpha value is -0.790. The van der Waals surface area contributed by atoms with E-state index < -0.39 is 0 Å². The maximum atomic E-state index is 11.1. The molecule has 0 aromatic rings. The van der Waals surface area contributed by atoms with Gasteiger partial charge in [-0.25, -0.2) is 0 Å². The predicted molar refractivity (Wildman–Crippen MR) is 77.6 cm³/mol. The van der Waals surface area contributed by atoms with Crippen LogP contribution in [0.5, 0.6) is 0 Å². The minimum absolute atomic E-state index is 0.0415. The van der Waals surface area contributed by atoms with Crippen LogP contribution >= 0.6 is 0 Å². The monoisotopic (exact) mass is 254 g/mol. The molecule has 0 aliphatic heterocycles. The Bertz CT molecular complexity index is 209. The Morgan fingerprint density at radius 2 is 1.50 bits per heavy atom. The summed E-state index contributed by atoms with van der Waals surface area (Å²) in [5.74, 6) is -0.0415. The van der Waals surface area contributed by atoms with Gasteiger partial charge in [0.15, 0.2) is 0 Å². The molecule has 0 atom stereocenters. The van der Waals surface area contributed by atoms with Gasteiger partial charge in [0.2, 0.25) is 0 Å². The molecule has 0 fully saturated rings. The largest absolute Gasteiger partial charge is 0.466 e. The van der Waals surface area contributed by atoms with Gasteiger partial charge in [-0.15, -0.1) is 0 Å². The first-order valence-corrected chi connectivity index (χ1v) is 7.61. The van der Waals surface area contributed by atoms with Crippen molar-refractivity contribution >= 4 is 5.97 Å². The lowest BCUT2D eigenvalue weighted by atomic mass is 10.1. The van der Waals surface area contributed by atoms with E-state index in [-0.39, 0.29) is 5.97 Å². The molecule has 0 aromatic heterocycles. The summed E-state index contributed by atoms with van der Waals surface area (Å²) in [5.41, 5.74) is 0. The summed E-state index contributed by atoms with van der Waals surface area (Å²) in [4.78, 5) is 11.1. The first-order chi connectivity index (χ1) is 8.81. The van der Waals surface area contributed by atoms with E-state index in [4.69, 9.17) is 4.74 Å². The highest BCUT2D eigenvalue weighted by Gasteiger charge is 2.00. The molecule has 0 saturated carbocycles. The van der Waals surface area contributed by atoms with Gasteiger partial charge in [0.1, 0.15) is 0 Å². The fraction of sp³-hybridized carbons (Fsp3) is 0.812. The van der Waals surface area contributed by atoms with Gasteiger partial charge in [-0.05, 0) is 32.6 Å². The highest BCUT2D eigenvalue weighted by molar-refractivity contribution is 5.69. The number of allylic oxidation sites excluding steroid dienone is 2. The lowest BCUT2D eigenvalue weighted by Crippen LogP contribution is -2.03. The molecule has 0 aliphatic carbocycles. The fourth-order valence-electron chi connectivity index (χ4n) is 1.93. The van der Waals surface area contributed by atoms with Crippen molar-refractivity contribution in [1.82, 2.24) is 0 Å². The number of hydrogen-bond donors (Lipinski definition) is 0. The van der Waals surface area contributed by atoms with Crippen molar-refractivity contribution in [2.45, 2.75) is 78.1 Å². The van der Waals surface area contributed by atoms with Crippen LogP contribution in [0.15, 0.2) is 12.2 Å². The molecule has 0 saturated heterocycles. The number of carbonyl (C=O) groups excluding carboxylic acids is 1. The minimum atomic E-state index is -0.0415. The van der Waals surface area contributed by atoms with Crippen molar-refractivity contribution in [2.24, 2.45) is 0 Å². The van der Waals surface area contributed by atoms with Gasteiger partial charge >= 0.3 is 5.97 Å². The SMILES string of the molecule is CCC=CCCCCCCCCCC(=O)OCC. The normalized spacial score (nSPS) is 11.0. The molecule has 0 amide bonds. The van der Waals surface area contributed by atoms with Gasteiger partial charge in [-0.1, -0.05) is 51.2 Å². The molecule has 0 heterocycles. The van der Waals surface area contributed by atoms with E-state index in [0.717, 1.165) is 19.3 Å². The maximum Gasteiger partial charge on any atom is 0.305 e. The van der Waals surface area contributed by atoms with Crippen LogP contribution in [-0.4, -0.2) is 12.6 Å². The quantitative estimate of drug-likeness (QED) is 0.277. The summed E-state index contributed by atoms with van der Waals surface area (Å²) < 4.78 is 4.89. The Labute approximate surface area is 113 Å². The molecule has 0 spiro atoms. The molecule has 2 nitrogen and oxygen atoms in total. The van der Waals surface area contributed by atoms with Crippen LogP contribution in [0.1, 0.15) is 78.1 Å². The molecular weight excluding hydrogens is 224 g/mol. The zero-order valence-electron chi connectivity index (χ0n) is 12.2. The number of unbranched alkanes of at least 4 members (excludes halogenated alkanes) is 7. The van der Waals surface area contributed by atoms with Crippen LogP contribution in [0.4, 0.5) is 0 Å². The fourth-order valence-corrected chi connectivity index (χ4v) is 1.93. The van der Waals surface area contributed by atoms with E-state index in [1.54, 1.807) is 0 Å². The summed E-state index contributed by atoms with van der Waals surface area (Å²) in [7, 11) is 0. The van der Waals surface area contributed by atoms with Crippen molar-refractivity contribution in [3.63, 3.8) is 0 Å². The molecule has 0 aliphatic rings. The summed E-state index contributed by atoms with van der Waals surface area (Å²) in [6.45, 7) is 4.53. The molecular formula is C16H30O2. The number of esters is 1. The van der Waals surface area contributed by atoms with Crippen molar-refractivity contribution < 1.29 is 9.53 Å². The van der Waals surface area contributed by atoms with Gasteiger partial charge in [-0.3, -0.25) is 4.79 Å². The van der Waals surface area contributed by atoms with Gasteiger partial charge in [0.05, 0.1) is 6.61 Å². The molecule has 0 rings (SSSR count). The van der Waals surface area contributed by atoms with Crippen LogP contribution in [0, 0.1) is 0 Å². The van der Waals surface area contributed by atoms with E-state index >= 15 is 0 Å². The van der Waals surface area contributed by atoms with Gasteiger partial charge in [0.25, 0.3) is 0 Å². The third-order valence-electron chi connectivity index (χ3n) is 2.96. The second kappa shape index (κ2) is 14.3. The molecule has 0 N–H and O–H groups in total. The van der Waals surface area contributed by atoms with E-state index in [1.807, 2.05) is 6.92 Å². The zero-order chi connectivity index (χ0) is 13.5. The third kappa shape index (κ3) is 13.3. The first kappa shape index (κ1) is 17.2. The van der Waals surface area contributed by atoms with E-state index in [0.29, 0.717) is 13.0 Å². The number of carbonyl (C=O) groups is 1. The van der Waals surface area contributed by atoms with E-state index in [1.165, 1.54) is 38.5 Å². The van der Waals surface area contributed by atoms with Crippen molar-refractivity contribution in [1.29, 1.82) is 0 Å². The second-order valence-electron chi connectivity index (χ2n) is 4.70. The number of hydrogen-bond acceptors (Lipinski definition) is 2. The average molecular weight is 254 g/mol. The van der Waals surface area contributed by atoms with Crippen LogP contribution in [-0.2, 0) is 9.53 Å². The Kier molecular flexibility index (Phi) is 13.6. The van der Waals surface area contributed by atoms with Crippen LogP contribution in [0.3, 0.4) is 0 Å². The molecule has 0 aromatic carbocycles. The molecule has 0 unspecified atom stereocenters. The zero-order valence-corrected chi connectivity index (χ0v) is 12.2. The minimum Gasteiger partial charge on any atom is -0.466 e. The molecule has 106 valence electrons. The number of rotatable bonds is 12. The summed E-state index contributed by atoms with van der Waals surface area (Å²) in [6, 6.07) is 0. The standard InChI is InChI=1S/C16H30O2/c1-3-5-6-7-8-9-10-11-12-13-14-15-16(17)18-4-2/h5-6H,3-4,7-15H2,1-2H3. The van der Waals surface area contributed by atoms with Crippen LogP contribution < -0.4 is 0 Å². The second-order valence-corrected chi connectivity index (χ2v) is 4.70.